The first kappa shape index (κ1) is 13.2. The minimum Gasteiger partial charge on any atom is -0.366 e. The molecular weight excluding hydrogens is 310 g/mol. The zero-order chi connectivity index (χ0) is 13.8. The lowest BCUT2D eigenvalue weighted by atomic mass is 10.2. The molecule has 0 radical (unpaired) electrons. The summed E-state index contributed by atoms with van der Waals surface area (Å²) < 4.78 is 0.714. The van der Waals surface area contributed by atoms with Crippen LogP contribution in [0.4, 0.5) is 5.69 Å². The Morgan fingerprint density at radius 1 is 1.16 bits per heavy atom. The van der Waals surface area contributed by atoms with Crippen LogP contribution in [-0.2, 0) is 0 Å². The van der Waals surface area contributed by atoms with Gasteiger partial charge >= 0.3 is 0 Å². The number of anilines is 1. The molecule has 0 fully saturated rings. The molecule has 1 aromatic carbocycles. The van der Waals surface area contributed by atoms with Gasteiger partial charge in [-0.2, -0.15) is 0 Å². The number of nitrogens with one attached hydrogen (secondary N) is 1. The summed E-state index contributed by atoms with van der Waals surface area (Å²) in [5.74, 6) is -0.851. The normalized spacial score (nSPS) is 9.95. The Balaban J connectivity index is 2.19. The molecule has 0 spiro atoms. The third-order valence-electron chi connectivity index (χ3n) is 2.37. The smallest absolute Gasteiger partial charge is 0.257 e. The zero-order valence-corrected chi connectivity index (χ0v) is 11.3. The third-order valence-corrected chi connectivity index (χ3v) is 2.81. The van der Waals surface area contributed by atoms with Crippen LogP contribution < -0.4 is 11.1 Å². The summed E-state index contributed by atoms with van der Waals surface area (Å²) in [7, 11) is 0. The molecule has 0 aliphatic carbocycles. The molecule has 2 amide bonds. The van der Waals surface area contributed by atoms with E-state index in [1.165, 1.54) is 12.3 Å². The molecule has 0 unspecified atom stereocenters. The number of amides is 2. The fourth-order valence-corrected chi connectivity index (χ4v) is 1.85. The van der Waals surface area contributed by atoms with Crippen molar-refractivity contribution >= 4 is 33.4 Å². The van der Waals surface area contributed by atoms with Crippen LogP contribution in [0.3, 0.4) is 0 Å². The van der Waals surface area contributed by atoms with Crippen LogP contribution in [-0.4, -0.2) is 16.8 Å². The molecule has 5 nitrogen and oxygen atoms in total. The van der Waals surface area contributed by atoms with Gasteiger partial charge in [0.15, 0.2) is 0 Å². The first-order chi connectivity index (χ1) is 9.06. The van der Waals surface area contributed by atoms with Gasteiger partial charge in [-0.15, -0.1) is 0 Å². The van der Waals surface area contributed by atoms with Gasteiger partial charge in [0.1, 0.15) is 0 Å². The number of carbonyl (C=O) groups is 2. The monoisotopic (exact) mass is 319 g/mol. The lowest BCUT2D eigenvalue weighted by molar-refractivity contribution is 0.0996. The van der Waals surface area contributed by atoms with Crippen molar-refractivity contribution < 1.29 is 9.59 Å². The fourth-order valence-electron chi connectivity index (χ4n) is 1.49. The molecule has 0 bridgehead atoms. The Hall–Kier alpha value is -2.21. The van der Waals surface area contributed by atoms with Gasteiger partial charge in [-0.3, -0.25) is 14.6 Å². The van der Waals surface area contributed by atoms with Crippen molar-refractivity contribution in [2.24, 2.45) is 5.73 Å². The van der Waals surface area contributed by atoms with E-state index in [-0.39, 0.29) is 5.91 Å². The van der Waals surface area contributed by atoms with E-state index in [2.05, 4.69) is 26.2 Å². The molecule has 96 valence electrons. The van der Waals surface area contributed by atoms with E-state index in [1.807, 2.05) is 0 Å². The highest BCUT2D eigenvalue weighted by molar-refractivity contribution is 9.10. The number of rotatable bonds is 3. The Bertz CT molecular complexity index is 643. The zero-order valence-electron chi connectivity index (χ0n) is 9.76. The highest BCUT2D eigenvalue weighted by Crippen LogP contribution is 2.14. The SMILES string of the molecule is NC(=O)c1cccc(NC(=O)c2cncc(Br)c2)c1. The van der Waals surface area contributed by atoms with Crippen molar-refractivity contribution in [1.29, 1.82) is 0 Å². The van der Waals surface area contributed by atoms with Crippen molar-refractivity contribution in [3.63, 3.8) is 0 Å². The van der Waals surface area contributed by atoms with Gasteiger partial charge in [-0.05, 0) is 40.2 Å². The minimum absolute atomic E-state index is 0.310. The molecular formula is C13H10BrN3O2. The van der Waals surface area contributed by atoms with E-state index in [0.717, 1.165) is 0 Å². The molecule has 2 aromatic rings. The van der Waals surface area contributed by atoms with E-state index < -0.39 is 5.91 Å². The van der Waals surface area contributed by atoms with Gasteiger partial charge in [-0.1, -0.05) is 6.07 Å². The molecule has 0 saturated heterocycles. The van der Waals surface area contributed by atoms with Crippen LogP contribution in [0.1, 0.15) is 20.7 Å². The van der Waals surface area contributed by atoms with Crippen molar-refractivity contribution in [1.82, 2.24) is 4.98 Å². The molecule has 0 aliphatic rings. The number of hydrogen-bond acceptors (Lipinski definition) is 3. The number of primary amides is 1. The number of carbonyl (C=O) groups excluding carboxylic acids is 2. The number of nitrogens with two attached hydrogens (primary N) is 1. The lowest BCUT2D eigenvalue weighted by Crippen LogP contribution is -2.14. The quantitative estimate of drug-likeness (QED) is 0.909. The molecule has 0 saturated carbocycles. The van der Waals surface area contributed by atoms with Crippen LogP contribution in [0.2, 0.25) is 0 Å². The van der Waals surface area contributed by atoms with Gasteiger partial charge in [0.05, 0.1) is 5.56 Å². The molecule has 3 N–H and O–H groups in total. The highest BCUT2D eigenvalue weighted by atomic mass is 79.9. The summed E-state index contributed by atoms with van der Waals surface area (Å²) in [4.78, 5) is 26.9. The van der Waals surface area contributed by atoms with E-state index in [9.17, 15) is 9.59 Å². The van der Waals surface area contributed by atoms with Gasteiger partial charge in [0.2, 0.25) is 5.91 Å². The van der Waals surface area contributed by atoms with Gasteiger partial charge in [0, 0.05) is 28.1 Å². The van der Waals surface area contributed by atoms with E-state index in [0.29, 0.717) is 21.3 Å². The highest BCUT2D eigenvalue weighted by Gasteiger charge is 2.08. The summed E-state index contributed by atoms with van der Waals surface area (Å²) in [6.07, 6.45) is 3.04. The number of aromatic nitrogens is 1. The second kappa shape index (κ2) is 5.62. The summed E-state index contributed by atoms with van der Waals surface area (Å²) in [5.41, 5.74) is 6.43. The van der Waals surface area contributed by atoms with Crippen molar-refractivity contribution in [2.45, 2.75) is 0 Å². The summed E-state index contributed by atoms with van der Waals surface area (Å²) in [6.45, 7) is 0. The topological polar surface area (TPSA) is 85.1 Å². The van der Waals surface area contributed by atoms with Crippen LogP contribution in [0.5, 0.6) is 0 Å². The van der Waals surface area contributed by atoms with Crippen LogP contribution in [0.25, 0.3) is 0 Å². The number of pyridine rings is 1. The van der Waals surface area contributed by atoms with Gasteiger partial charge in [-0.25, -0.2) is 0 Å². The first-order valence-corrected chi connectivity index (χ1v) is 6.17. The maximum atomic E-state index is 12.0. The molecule has 6 heteroatoms. The van der Waals surface area contributed by atoms with Crippen LogP contribution in [0.15, 0.2) is 47.2 Å². The summed E-state index contributed by atoms with van der Waals surface area (Å²) in [6, 6.07) is 8.08. The van der Waals surface area contributed by atoms with E-state index in [1.54, 1.807) is 30.5 Å². The maximum absolute atomic E-state index is 12.0. The van der Waals surface area contributed by atoms with Crippen molar-refractivity contribution in [3.8, 4) is 0 Å². The Morgan fingerprint density at radius 2 is 1.95 bits per heavy atom. The van der Waals surface area contributed by atoms with Crippen LogP contribution >= 0.6 is 15.9 Å². The average molecular weight is 320 g/mol. The number of halogens is 1. The maximum Gasteiger partial charge on any atom is 0.257 e. The fraction of sp³-hybridized carbons (Fsp3) is 0. The molecule has 0 atom stereocenters. The summed E-state index contributed by atoms with van der Waals surface area (Å²) >= 11 is 3.24. The van der Waals surface area contributed by atoms with Crippen molar-refractivity contribution in [3.05, 3.63) is 58.3 Å². The standard InChI is InChI=1S/C13H10BrN3O2/c14-10-4-9(6-16-7-10)13(19)17-11-3-1-2-8(5-11)12(15)18/h1-7H,(H2,15,18)(H,17,19). The lowest BCUT2D eigenvalue weighted by Gasteiger charge is -2.06. The van der Waals surface area contributed by atoms with Gasteiger partial charge < -0.3 is 11.1 Å². The second-order valence-corrected chi connectivity index (χ2v) is 4.71. The van der Waals surface area contributed by atoms with E-state index in [4.69, 9.17) is 5.73 Å². The molecule has 1 aromatic heterocycles. The predicted octanol–water partition coefficient (Wildman–Crippen LogP) is 2.20. The van der Waals surface area contributed by atoms with E-state index >= 15 is 0 Å². The largest absolute Gasteiger partial charge is 0.366 e. The number of hydrogen-bond donors (Lipinski definition) is 2. The van der Waals surface area contributed by atoms with Gasteiger partial charge in [0.25, 0.3) is 5.91 Å². The molecule has 0 aliphatic heterocycles. The Kier molecular flexibility index (Phi) is 3.91. The molecule has 1 heterocycles. The Morgan fingerprint density at radius 3 is 2.63 bits per heavy atom. The summed E-state index contributed by atoms with van der Waals surface area (Å²) in [5, 5.41) is 2.67. The number of nitrogens with zero attached hydrogens (tertiary/aromatic N) is 1. The second-order valence-electron chi connectivity index (χ2n) is 3.79. The third kappa shape index (κ3) is 3.38. The predicted molar refractivity (Wildman–Crippen MR) is 74.9 cm³/mol. The van der Waals surface area contributed by atoms with Crippen molar-refractivity contribution in [2.75, 3.05) is 5.32 Å². The Labute approximate surface area is 118 Å². The average Bonchev–Trinajstić information content (AvgIpc) is 2.39. The minimum atomic E-state index is -0.541. The van der Waals surface area contributed by atoms with Crippen LogP contribution in [0, 0.1) is 0 Å². The molecule has 2 rings (SSSR count). The first-order valence-electron chi connectivity index (χ1n) is 5.38. The molecule has 19 heavy (non-hydrogen) atoms. The number of benzene rings is 1.